The second-order valence-electron chi connectivity index (χ2n) is 18.7. The number of para-hydroxylation sites is 2. The van der Waals surface area contributed by atoms with E-state index in [4.69, 9.17) is 9.11 Å². The molecule has 0 aliphatic carbocycles. The normalized spacial score (nSPS) is 17.8. The number of fused-ring (bicyclic) bond motifs is 2. The summed E-state index contributed by atoms with van der Waals surface area (Å²) in [4.78, 5) is 128. The molecule has 10 amide bonds. The summed E-state index contributed by atoms with van der Waals surface area (Å²) in [5.41, 5.74) is 1.17. The van der Waals surface area contributed by atoms with Crippen LogP contribution in [0.4, 0.5) is 21.0 Å². The van der Waals surface area contributed by atoms with Crippen molar-refractivity contribution in [3.8, 4) is 0 Å². The van der Waals surface area contributed by atoms with Gasteiger partial charge in [0, 0.05) is 49.1 Å². The second kappa shape index (κ2) is 30.6. The number of nitrogens with one attached hydrogen (secondary N) is 4. The number of hydrogen-bond donors (Lipinski definition) is 6. The summed E-state index contributed by atoms with van der Waals surface area (Å²) in [6.45, 7) is 0. The molecule has 8 rings (SSSR count). The van der Waals surface area contributed by atoms with Gasteiger partial charge >= 0.3 is 71.2 Å². The maximum absolute atomic E-state index is 12.9. The largest absolute Gasteiger partial charge is 1.00 e. The molecule has 4 aliphatic heterocycles. The molecule has 2 saturated heterocycles. The monoisotopic (exact) mass is 1270 g/mol. The summed E-state index contributed by atoms with van der Waals surface area (Å²) in [6, 6.07) is 27.2. The summed E-state index contributed by atoms with van der Waals surface area (Å²) in [5.74, 6) is -9.65. The van der Waals surface area contributed by atoms with E-state index in [0.29, 0.717) is 11.1 Å². The molecule has 4 heterocycles. The van der Waals surface area contributed by atoms with Gasteiger partial charge in [-0.2, -0.15) is 16.8 Å². The van der Waals surface area contributed by atoms with Crippen molar-refractivity contribution >= 4 is 127 Å². The molecule has 2 unspecified atom stereocenters. The number of carboxylic acids is 2. The Kier molecular flexibility index (Phi) is 24.9. The minimum Gasteiger partial charge on any atom is -0.543 e. The predicted molar refractivity (Wildman–Crippen MR) is 302 cm³/mol. The van der Waals surface area contributed by atoms with Crippen LogP contribution >= 0.6 is 23.5 Å². The van der Waals surface area contributed by atoms with E-state index in [1.165, 1.54) is 26.2 Å². The third-order valence-electron chi connectivity index (χ3n) is 12.8. The molecule has 4 atom stereocenters. The van der Waals surface area contributed by atoms with Crippen molar-refractivity contribution < 1.29 is 143 Å². The van der Waals surface area contributed by atoms with Crippen molar-refractivity contribution in [2.75, 3.05) is 47.7 Å². The van der Waals surface area contributed by atoms with E-state index in [9.17, 15) is 75.0 Å². The van der Waals surface area contributed by atoms with Crippen molar-refractivity contribution in [3.63, 3.8) is 0 Å². The second-order valence-corrected chi connectivity index (χ2v) is 23.8. The predicted octanol–water partition coefficient (Wildman–Crippen LogP) is -5.54. The molecule has 2 fully saturated rings. The molecule has 86 heavy (non-hydrogen) atoms. The van der Waals surface area contributed by atoms with E-state index in [0.717, 1.165) is 54.3 Å². The molecule has 0 aromatic heterocycles. The van der Waals surface area contributed by atoms with Crippen molar-refractivity contribution in [2.24, 2.45) is 0 Å². The van der Waals surface area contributed by atoms with Crippen molar-refractivity contribution in [1.29, 1.82) is 0 Å². The van der Waals surface area contributed by atoms with Crippen LogP contribution in [0.1, 0.15) is 22.3 Å². The molecule has 0 saturated carbocycles. The van der Waals surface area contributed by atoms with Gasteiger partial charge in [-0.05, 0) is 57.7 Å². The van der Waals surface area contributed by atoms with Crippen molar-refractivity contribution in [2.45, 2.75) is 35.7 Å². The molecule has 440 valence electrons. The number of nitrogens with zero attached hydrogens (tertiary/aromatic N) is 4. The zero-order chi connectivity index (χ0) is 61.2. The first kappa shape index (κ1) is 69.8. The minimum atomic E-state index is -4.55. The number of aliphatic carboxylic acids is 2. The van der Waals surface area contributed by atoms with Crippen LogP contribution < -0.4 is 90.6 Å². The number of carboxylic acid groups (broad SMARTS) is 2. The Bertz CT molecular complexity index is 3460. The number of urea groups is 2. The number of benzene rings is 4. The number of amides is 10. The number of carbonyl (C=O) groups is 10. The first-order valence-electron chi connectivity index (χ1n) is 24.8. The number of rotatable bonds is 18. The molecule has 26 nitrogen and oxygen atoms in total. The number of hydrogen-bond acceptors (Lipinski definition) is 18. The molecular weight excluding hydrogens is 1220 g/mol. The zero-order valence-corrected chi connectivity index (χ0v) is 53.4. The average Bonchev–Trinajstić information content (AvgIpc) is 0.766. The molecule has 0 radical (unpaired) electrons. The van der Waals surface area contributed by atoms with Crippen LogP contribution in [0, 0.1) is 0 Å². The first-order chi connectivity index (χ1) is 39.7. The van der Waals surface area contributed by atoms with Crippen molar-refractivity contribution in [3.05, 3.63) is 166 Å². The molecule has 4 aliphatic rings. The third-order valence-corrected chi connectivity index (χ3v) is 16.9. The van der Waals surface area contributed by atoms with E-state index in [1.807, 2.05) is 36.4 Å². The Hall–Kier alpha value is -6.94. The molecule has 6 N–H and O–H groups in total. The van der Waals surface area contributed by atoms with Crippen molar-refractivity contribution in [1.82, 2.24) is 30.2 Å². The zero-order valence-electron chi connectivity index (χ0n) is 46.1. The van der Waals surface area contributed by atoms with E-state index < -0.39 is 125 Å². The van der Waals surface area contributed by atoms with Gasteiger partial charge in [0.15, 0.2) is 0 Å². The van der Waals surface area contributed by atoms with Crippen LogP contribution in [-0.4, -0.2) is 165 Å². The number of likely N-dealkylation sites (N-methyl/N-ethyl adjacent to an activating group) is 2. The van der Waals surface area contributed by atoms with Crippen LogP contribution in [-0.2, 0) is 71.4 Å². The summed E-state index contributed by atoms with van der Waals surface area (Å²) in [7, 11) is -6.51. The van der Waals surface area contributed by atoms with E-state index in [2.05, 4.69) is 21.3 Å². The first-order valence-corrected chi connectivity index (χ1v) is 30.1. The average molecular weight is 1270 g/mol. The van der Waals surface area contributed by atoms with Gasteiger partial charge in [-0.15, -0.1) is 23.5 Å². The fourth-order valence-corrected chi connectivity index (χ4v) is 13.0. The smallest absolute Gasteiger partial charge is 0.543 e. The van der Waals surface area contributed by atoms with Gasteiger partial charge in [-0.3, -0.25) is 57.5 Å². The Morgan fingerprint density at radius 3 is 1.21 bits per heavy atom. The molecule has 32 heteroatoms. The Morgan fingerprint density at radius 1 is 0.558 bits per heavy atom. The summed E-state index contributed by atoms with van der Waals surface area (Å²) in [6.07, 6.45) is 5.12. The molecule has 4 aromatic carbocycles. The topological polar surface area (TPSA) is 387 Å². The van der Waals surface area contributed by atoms with Gasteiger partial charge < -0.3 is 41.1 Å². The molecule has 0 bridgehead atoms. The molecule has 4 aromatic rings. The maximum Gasteiger partial charge on any atom is 1.00 e. The molecule has 0 spiro atoms. The van der Waals surface area contributed by atoms with Crippen LogP contribution in [0.5, 0.6) is 0 Å². The fourth-order valence-electron chi connectivity index (χ4n) is 8.68. The standard InChI is InChI=1S/2C27H26N4O9S2.2Na/c2*1-30(21(33)12-11-16-7-3-2-4-8-16)27(37)28-19-10-6-5-9-17(19)13-20(32)29-22-24(34)31-23(26(35)36)18(14-41-25(22)31)15-42(38,39)40;;/h2*2-12,22,25H,13-15H2,1H3,(H,28,37)(H,29,32)(H,35,36)(H,38,39,40);;/q;;2*+1/p-2/b2*12-11+;;/t2*22?,25-;;/m11../s1. The Balaban J connectivity index is 0.000000307. The summed E-state index contributed by atoms with van der Waals surface area (Å²) in [5, 5.41) is 32.0. The van der Waals surface area contributed by atoms with E-state index >= 15 is 0 Å². The number of imide groups is 2. The fraction of sp³-hybridized carbons (Fsp3) is 0.222. The van der Waals surface area contributed by atoms with Crippen LogP contribution in [0.3, 0.4) is 0 Å². The minimum absolute atomic E-state index is 0. The summed E-state index contributed by atoms with van der Waals surface area (Å²) >= 11 is 2.06. The number of β-lactam (4-membered cyclic amide) rings is 2. The van der Waals surface area contributed by atoms with Gasteiger partial charge in [-0.25, -0.2) is 9.59 Å². The number of anilines is 2. The van der Waals surface area contributed by atoms with Crippen LogP contribution in [0.2, 0.25) is 0 Å². The summed E-state index contributed by atoms with van der Waals surface area (Å²) < 4.78 is 63.4. The van der Waals surface area contributed by atoms with Gasteiger partial charge in [0.2, 0.25) is 11.8 Å². The molecular formula is C54H50N8Na2O18S4. The van der Waals surface area contributed by atoms with E-state index in [-0.39, 0.29) is 106 Å². The van der Waals surface area contributed by atoms with Gasteiger partial charge in [0.05, 0.1) is 47.7 Å². The Labute approximate surface area is 545 Å². The Morgan fingerprint density at radius 2 is 0.884 bits per heavy atom. The third kappa shape index (κ3) is 18.1. The number of carbonyl (C=O) groups excluding carboxylic acids is 10. The van der Waals surface area contributed by atoms with Gasteiger partial charge in [-0.1, -0.05) is 97.1 Å². The maximum atomic E-state index is 12.9. The van der Waals surface area contributed by atoms with E-state index in [1.54, 1.807) is 84.9 Å². The van der Waals surface area contributed by atoms with Gasteiger partial charge in [0.1, 0.15) is 22.8 Å². The van der Waals surface area contributed by atoms with Crippen LogP contribution in [0.25, 0.3) is 12.2 Å². The quantitative estimate of drug-likeness (QED) is 0.0234. The van der Waals surface area contributed by atoms with Gasteiger partial charge in [0.25, 0.3) is 43.9 Å². The SMILES string of the molecule is CN(C(=O)/C=C/c1ccccc1)C(=O)Nc1ccccc1CC(=O)NC1C(=O)N2C(C(=O)[O-])=C(CS(=O)(=O)O)CS[C@H]12.CN(C(=O)/C=C/c1ccccc1)C(=O)Nc1ccccc1CC(=O)NC1C(=O)N2C(C(=O)[O-])=C(CS(=O)(=O)O)CS[C@H]12.[Na+].[Na+]. The number of thioether (sulfide) groups is 2. The van der Waals surface area contributed by atoms with Crippen LogP contribution in [0.15, 0.2) is 144 Å².